The summed E-state index contributed by atoms with van der Waals surface area (Å²) in [6.07, 6.45) is -1.07. The molecule has 0 fully saturated rings. The molecule has 0 unspecified atom stereocenters. The Hall–Kier alpha value is -1.10. The van der Waals surface area contributed by atoms with Crippen LogP contribution in [0.3, 0.4) is 0 Å². The molecule has 0 atom stereocenters. The van der Waals surface area contributed by atoms with Crippen molar-refractivity contribution in [3.05, 3.63) is 29.6 Å². The van der Waals surface area contributed by atoms with Crippen molar-refractivity contribution >= 4 is 0 Å². The summed E-state index contributed by atoms with van der Waals surface area (Å²) >= 11 is 0. The molecule has 0 saturated carbocycles. The molecule has 0 spiro atoms. The first-order chi connectivity index (χ1) is 8.81. The molecule has 1 rings (SSSR count). The SMILES string of the molecule is CCC(C)(C)C(C)(C)O.Cc1cncc(C(F)(F)F)c1. The van der Waals surface area contributed by atoms with Crippen LogP contribution in [-0.2, 0) is 6.18 Å². The lowest BCUT2D eigenvalue weighted by molar-refractivity contribution is -0.137. The summed E-state index contributed by atoms with van der Waals surface area (Å²) in [4.78, 5) is 3.43. The Labute approximate surface area is 119 Å². The van der Waals surface area contributed by atoms with Gasteiger partial charge in [-0.15, -0.1) is 0 Å². The van der Waals surface area contributed by atoms with E-state index in [1.54, 1.807) is 6.92 Å². The molecule has 1 heterocycles. The van der Waals surface area contributed by atoms with E-state index >= 15 is 0 Å². The van der Waals surface area contributed by atoms with Crippen molar-refractivity contribution in [1.82, 2.24) is 4.98 Å². The Morgan fingerprint density at radius 2 is 1.60 bits per heavy atom. The number of nitrogens with zero attached hydrogens (tertiary/aromatic N) is 1. The Morgan fingerprint density at radius 3 is 1.80 bits per heavy atom. The van der Waals surface area contributed by atoms with E-state index in [1.807, 2.05) is 13.8 Å². The Bertz CT molecular complexity index is 420. The third-order valence-electron chi connectivity index (χ3n) is 3.74. The van der Waals surface area contributed by atoms with Gasteiger partial charge in [-0.25, -0.2) is 0 Å². The van der Waals surface area contributed by atoms with Gasteiger partial charge < -0.3 is 5.11 Å². The topological polar surface area (TPSA) is 33.1 Å². The van der Waals surface area contributed by atoms with Gasteiger partial charge in [-0.2, -0.15) is 13.2 Å². The van der Waals surface area contributed by atoms with Gasteiger partial charge in [0.1, 0.15) is 0 Å². The first-order valence-corrected chi connectivity index (χ1v) is 6.52. The van der Waals surface area contributed by atoms with Gasteiger partial charge in [0.2, 0.25) is 0 Å². The number of rotatable bonds is 2. The molecule has 20 heavy (non-hydrogen) atoms. The second-order valence-corrected chi connectivity index (χ2v) is 6.05. The first kappa shape index (κ1) is 18.9. The average molecular weight is 291 g/mol. The molecule has 0 amide bonds. The van der Waals surface area contributed by atoms with E-state index < -0.39 is 17.3 Å². The van der Waals surface area contributed by atoms with Crippen molar-refractivity contribution in [1.29, 1.82) is 0 Å². The van der Waals surface area contributed by atoms with Gasteiger partial charge in [0.05, 0.1) is 11.2 Å². The number of alkyl halides is 3. The van der Waals surface area contributed by atoms with Crippen LogP contribution in [0.1, 0.15) is 52.2 Å². The molecule has 0 aliphatic carbocycles. The van der Waals surface area contributed by atoms with E-state index in [4.69, 9.17) is 0 Å². The molecule has 1 aromatic rings. The number of pyridine rings is 1. The molecule has 1 aromatic heterocycles. The molecule has 0 aromatic carbocycles. The highest BCUT2D eigenvalue weighted by Crippen LogP contribution is 2.33. The van der Waals surface area contributed by atoms with Crippen molar-refractivity contribution in [2.75, 3.05) is 0 Å². The summed E-state index contributed by atoms with van der Waals surface area (Å²) in [5, 5.41) is 9.55. The summed E-state index contributed by atoms with van der Waals surface area (Å²) in [6, 6.07) is 1.06. The molecule has 0 aliphatic heterocycles. The third-order valence-corrected chi connectivity index (χ3v) is 3.74. The van der Waals surface area contributed by atoms with E-state index in [-0.39, 0.29) is 5.41 Å². The number of hydrogen-bond donors (Lipinski definition) is 1. The highest BCUT2D eigenvalue weighted by molar-refractivity contribution is 5.18. The zero-order valence-electron chi connectivity index (χ0n) is 13.0. The van der Waals surface area contributed by atoms with E-state index in [9.17, 15) is 18.3 Å². The lowest BCUT2D eigenvalue weighted by Crippen LogP contribution is -2.38. The standard InChI is InChI=1S/C8H18O.C7H6F3N/c1-6-7(2,3)8(4,5)9;1-5-2-6(4-11-3-5)7(8,9)10/h9H,6H2,1-5H3;2-4H,1H3. The van der Waals surface area contributed by atoms with Gasteiger partial charge in [-0.05, 0) is 44.2 Å². The maximum Gasteiger partial charge on any atom is 0.417 e. The van der Waals surface area contributed by atoms with Gasteiger partial charge in [-0.1, -0.05) is 20.8 Å². The molecule has 5 heteroatoms. The van der Waals surface area contributed by atoms with Crippen LogP contribution in [0.25, 0.3) is 0 Å². The predicted octanol–water partition coefficient (Wildman–Crippen LogP) is 4.60. The maximum absolute atomic E-state index is 11.9. The zero-order valence-corrected chi connectivity index (χ0v) is 13.0. The van der Waals surface area contributed by atoms with E-state index in [2.05, 4.69) is 25.8 Å². The number of aromatic nitrogens is 1. The summed E-state index contributed by atoms with van der Waals surface area (Å²) in [5.74, 6) is 0. The number of halogens is 3. The largest absolute Gasteiger partial charge is 0.417 e. The van der Waals surface area contributed by atoms with Crippen molar-refractivity contribution in [2.45, 2.75) is 59.7 Å². The minimum atomic E-state index is -4.28. The van der Waals surface area contributed by atoms with E-state index in [0.29, 0.717) is 5.56 Å². The minimum absolute atomic E-state index is 0.0347. The molecule has 0 saturated heterocycles. The Morgan fingerprint density at radius 1 is 1.10 bits per heavy atom. The molecule has 116 valence electrons. The summed E-state index contributed by atoms with van der Waals surface area (Å²) < 4.78 is 35.8. The van der Waals surface area contributed by atoms with Crippen molar-refractivity contribution in [3.8, 4) is 0 Å². The lowest BCUT2D eigenvalue weighted by Gasteiger charge is -2.36. The normalized spacial score (nSPS) is 12.7. The summed E-state index contributed by atoms with van der Waals surface area (Å²) in [7, 11) is 0. The third kappa shape index (κ3) is 5.90. The molecule has 1 N–H and O–H groups in total. The van der Waals surface area contributed by atoms with Gasteiger partial charge in [-0.3, -0.25) is 4.98 Å². The minimum Gasteiger partial charge on any atom is -0.390 e. The van der Waals surface area contributed by atoms with Gasteiger partial charge >= 0.3 is 6.18 Å². The second kappa shape index (κ2) is 6.57. The highest BCUT2D eigenvalue weighted by Gasteiger charge is 2.32. The fourth-order valence-electron chi connectivity index (χ4n) is 1.14. The summed E-state index contributed by atoms with van der Waals surface area (Å²) in [6.45, 7) is 11.5. The average Bonchev–Trinajstić information content (AvgIpc) is 2.27. The van der Waals surface area contributed by atoms with Crippen molar-refractivity contribution in [2.24, 2.45) is 5.41 Å². The summed E-state index contributed by atoms with van der Waals surface area (Å²) in [5.41, 5.74) is -0.702. The van der Waals surface area contributed by atoms with Crippen molar-refractivity contribution < 1.29 is 18.3 Å². The fourth-order valence-corrected chi connectivity index (χ4v) is 1.14. The Balaban J connectivity index is 0.000000370. The van der Waals surface area contributed by atoms with Crippen molar-refractivity contribution in [3.63, 3.8) is 0 Å². The maximum atomic E-state index is 11.9. The molecular weight excluding hydrogens is 267 g/mol. The molecule has 0 bridgehead atoms. The van der Waals surface area contributed by atoms with Gasteiger partial charge in [0.25, 0.3) is 0 Å². The van der Waals surface area contributed by atoms with Crippen LogP contribution >= 0.6 is 0 Å². The molecular formula is C15H24F3NO. The zero-order chi connectivity index (χ0) is 16.2. The van der Waals surface area contributed by atoms with Crippen LogP contribution in [-0.4, -0.2) is 15.7 Å². The number of aliphatic hydroxyl groups is 1. The molecule has 0 aliphatic rings. The van der Waals surface area contributed by atoms with Gasteiger partial charge in [0, 0.05) is 12.4 Å². The monoisotopic (exact) mass is 291 g/mol. The quantitative estimate of drug-likeness (QED) is 0.863. The van der Waals surface area contributed by atoms with Crippen LogP contribution in [0, 0.1) is 12.3 Å². The van der Waals surface area contributed by atoms with E-state index in [0.717, 1.165) is 18.7 Å². The fraction of sp³-hybridized carbons (Fsp3) is 0.667. The Kier molecular flexibility index (Phi) is 6.21. The molecule has 2 nitrogen and oxygen atoms in total. The van der Waals surface area contributed by atoms with Crippen LogP contribution in [0.2, 0.25) is 0 Å². The first-order valence-electron chi connectivity index (χ1n) is 6.52. The number of hydrogen-bond acceptors (Lipinski definition) is 2. The van der Waals surface area contributed by atoms with Gasteiger partial charge in [0.15, 0.2) is 0 Å². The smallest absolute Gasteiger partial charge is 0.390 e. The van der Waals surface area contributed by atoms with Crippen LogP contribution in [0.5, 0.6) is 0 Å². The van der Waals surface area contributed by atoms with E-state index in [1.165, 1.54) is 6.20 Å². The second-order valence-electron chi connectivity index (χ2n) is 6.05. The van der Waals surface area contributed by atoms with Crippen LogP contribution in [0.4, 0.5) is 13.2 Å². The lowest BCUT2D eigenvalue weighted by atomic mass is 9.75. The highest BCUT2D eigenvalue weighted by atomic mass is 19.4. The number of aryl methyl sites for hydroxylation is 1. The van der Waals surface area contributed by atoms with Crippen LogP contribution in [0.15, 0.2) is 18.5 Å². The predicted molar refractivity (Wildman–Crippen MR) is 74.3 cm³/mol. The van der Waals surface area contributed by atoms with Crippen LogP contribution < -0.4 is 0 Å². The molecule has 0 radical (unpaired) electrons.